The van der Waals surface area contributed by atoms with Gasteiger partial charge in [0.15, 0.2) is 4.90 Å². The number of nitrogens with zero attached hydrogens (tertiary/aromatic N) is 1. The molecule has 9 heteroatoms. The average Bonchev–Trinajstić information content (AvgIpc) is 2.35. The fourth-order valence-electron chi connectivity index (χ4n) is 1.80. The molecule has 0 spiro atoms. The smallest absolute Gasteiger partial charge is 0.321 e. The molecule has 0 radical (unpaired) electrons. The molecule has 0 aliphatic carbocycles. The molecule has 1 atom stereocenters. The topological polar surface area (TPSA) is 107 Å². The summed E-state index contributed by atoms with van der Waals surface area (Å²) in [6, 6.07) is 1.10. The Labute approximate surface area is 126 Å². The number of benzene rings is 1. The first-order valence-electron chi connectivity index (χ1n) is 6.22. The van der Waals surface area contributed by atoms with Crippen LogP contribution < -0.4 is 4.72 Å². The molecule has 0 aromatic heterocycles. The van der Waals surface area contributed by atoms with Crippen LogP contribution in [0.4, 0.5) is 8.78 Å². The highest BCUT2D eigenvalue weighted by Crippen LogP contribution is 2.21. The van der Waals surface area contributed by atoms with E-state index >= 15 is 0 Å². The predicted octanol–water partition coefficient (Wildman–Crippen LogP) is 1.61. The Morgan fingerprint density at radius 3 is 2.23 bits per heavy atom. The molecule has 6 nitrogen and oxygen atoms in total. The number of carboxylic acids is 1. The third-order valence-corrected chi connectivity index (χ3v) is 4.22. The van der Waals surface area contributed by atoms with Gasteiger partial charge in [0.25, 0.3) is 0 Å². The molecule has 0 fully saturated rings. The summed E-state index contributed by atoms with van der Waals surface area (Å²) in [6.07, 6.45) is -0.0475. The van der Waals surface area contributed by atoms with Crippen molar-refractivity contribution in [2.24, 2.45) is 5.92 Å². The molecule has 1 unspecified atom stereocenters. The monoisotopic (exact) mass is 332 g/mol. The van der Waals surface area contributed by atoms with Crippen LogP contribution in [0.5, 0.6) is 0 Å². The predicted molar refractivity (Wildman–Crippen MR) is 72.3 cm³/mol. The van der Waals surface area contributed by atoms with Gasteiger partial charge < -0.3 is 5.11 Å². The fourth-order valence-corrected chi connectivity index (χ4v) is 3.12. The highest BCUT2D eigenvalue weighted by molar-refractivity contribution is 7.89. The minimum atomic E-state index is -4.73. The fraction of sp³-hybridized carbons (Fsp3) is 0.385. The molecule has 0 bridgehead atoms. The number of nitrogens with one attached hydrogen (secondary N) is 1. The summed E-state index contributed by atoms with van der Waals surface area (Å²) in [4.78, 5) is 9.75. The molecule has 0 saturated heterocycles. The molecule has 1 aromatic carbocycles. The largest absolute Gasteiger partial charge is 0.480 e. The minimum Gasteiger partial charge on any atom is -0.480 e. The summed E-state index contributed by atoms with van der Waals surface area (Å²) in [5.41, 5.74) is -0.383. The molecule has 22 heavy (non-hydrogen) atoms. The van der Waals surface area contributed by atoms with Gasteiger partial charge in [-0.15, -0.1) is 0 Å². The molecule has 2 N–H and O–H groups in total. The van der Waals surface area contributed by atoms with Crippen molar-refractivity contribution >= 4 is 16.0 Å². The number of hydrogen-bond donors (Lipinski definition) is 2. The summed E-state index contributed by atoms with van der Waals surface area (Å²) in [5, 5.41) is 17.6. The number of nitriles is 1. The number of rotatable bonds is 6. The highest BCUT2D eigenvalue weighted by Gasteiger charge is 2.30. The molecule has 0 aliphatic heterocycles. The Bertz CT molecular complexity index is 703. The Morgan fingerprint density at radius 2 is 1.86 bits per heavy atom. The van der Waals surface area contributed by atoms with Crippen LogP contribution in [-0.4, -0.2) is 25.5 Å². The van der Waals surface area contributed by atoms with Gasteiger partial charge >= 0.3 is 5.97 Å². The van der Waals surface area contributed by atoms with Crippen molar-refractivity contribution in [2.45, 2.75) is 31.2 Å². The number of aliphatic carboxylic acids is 1. The van der Waals surface area contributed by atoms with E-state index in [4.69, 9.17) is 10.4 Å². The molecule has 1 rings (SSSR count). The van der Waals surface area contributed by atoms with Gasteiger partial charge in [0.1, 0.15) is 17.7 Å². The zero-order chi connectivity index (χ0) is 17.1. The minimum absolute atomic E-state index is 0.0475. The van der Waals surface area contributed by atoms with E-state index < -0.39 is 38.6 Å². The quantitative estimate of drug-likeness (QED) is 0.823. The SMILES string of the molecule is CC(C)CC(NS(=O)(=O)c1c(F)cc(C#N)cc1F)C(=O)O. The Hall–Kier alpha value is -2.05. The second kappa shape index (κ2) is 6.81. The van der Waals surface area contributed by atoms with E-state index in [-0.39, 0.29) is 17.9 Å². The molecule has 0 heterocycles. The maximum Gasteiger partial charge on any atom is 0.321 e. The van der Waals surface area contributed by atoms with Crippen molar-refractivity contribution in [1.82, 2.24) is 4.72 Å². The molecular formula is C13H14F2N2O4S. The number of hydrogen-bond acceptors (Lipinski definition) is 4. The molecule has 0 aliphatic rings. The number of carbonyl (C=O) groups is 1. The molecule has 0 saturated carbocycles. The number of sulfonamides is 1. The molecule has 120 valence electrons. The van der Waals surface area contributed by atoms with Crippen LogP contribution in [0.1, 0.15) is 25.8 Å². The normalized spacial score (nSPS) is 12.9. The van der Waals surface area contributed by atoms with E-state index in [1.54, 1.807) is 18.6 Å². The molecule has 0 amide bonds. The summed E-state index contributed by atoms with van der Waals surface area (Å²) >= 11 is 0. The van der Waals surface area contributed by atoms with Gasteiger partial charge in [0.2, 0.25) is 10.0 Å². The van der Waals surface area contributed by atoms with Crippen LogP contribution in [0, 0.1) is 28.9 Å². The van der Waals surface area contributed by atoms with Crippen LogP contribution in [0.3, 0.4) is 0 Å². The Kier molecular flexibility index (Phi) is 5.57. The van der Waals surface area contributed by atoms with Crippen molar-refractivity contribution in [1.29, 1.82) is 5.26 Å². The van der Waals surface area contributed by atoms with Gasteiger partial charge in [-0.3, -0.25) is 4.79 Å². The Morgan fingerprint density at radius 1 is 1.36 bits per heavy atom. The maximum absolute atomic E-state index is 13.7. The second-order valence-electron chi connectivity index (χ2n) is 5.02. The zero-order valence-electron chi connectivity index (χ0n) is 11.8. The average molecular weight is 332 g/mol. The van der Waals surface area contributed by atoms with Gasteiger partial charge in [-0.25, -0.2) is 17.2 Å². The third-order valence-electron chi connectivity index (χ3n) is 2.70. The first kappa shape index (κ1) is 18.0. The van der Waals surface area contributed by atoms with Crippen molar-refractivity contribution in [3.05, 3.63) is 29.3 Å². The van der Waals surface area contributed by atoms with E-state index in [2.05, 4.69) is 0 Å². The summed E-state index contributed by atoms with van der Waals surface area (Å²) < 4.78 is 53.3. The summed E-state index contributed by atoms with van der Waals surface area (Å²) in [5.74, 6) is -4.53. The van der Waals surface area contributed by atoms with Crippen LogP contribution in [0.25, 0.3) is 0 Å². The lowest BCUT2D eigenvalue weighted by atomic mass is 10.1. The van der Waals surface area contributed by atoms with Crippen molar-refractivity contribution in [3.63, 3.8) is 0 Å². The van der Waals surface area contributed by atoms with Crippen LogP contribution in [0.2, 0.25) is 0 Å². The standard InChI is InChI=1S/C13H14F2N2O4S/c1-7(2)3-11(13(18)19)17-22(20,21)12-9(14)4-8(6-16)5-10(12)15/h4-5,7,11,17H,3H2,1-2H3,(H,18,19). The summed E-state index contributed by atoms with van der Waals surface area (Å²) in [7, 11) is -4.73. The second-order valence-corrected chi connectivity index (χ2v) is 6.67. The van der Waals surface area contributed by atoms with E-state index in [9.17, 15) is 22.0 Å². The van der Waals surface area contributed by atoms with Gasteiger partial charge in [-0.1, -0.05) is 13.8 Å². The lowest BCUT2D eigenvalue weighted by molar-refractivity contribution is -0.139. The number of carboxylic acid groups (broad SMARTS) is 1. The first-order chi connectivity index (χ1) is 10.1. The van der Waals surface area contributed by atoms with Crippen LogP contribution >= 0.6 is 0 Å². The van der Waals surface area contributed by atoms with E-state index in [0.717, 1.165) is 0 Å². The molecule has 1 aromatic rings. The van der Waals surface area contributed by atoms with Crippen molar-refractivity contribution < 1.29 is 27.1 Å². The lowest BCUT2D eigenvalue weighted by Gasteiger charge is -2.17. The van der Waals surface area contributed by atoms with Crippen molar-refractivity contribution in [2.75, 3.05) is 0 Å². The summed E-state index contributed by atoms with van der Waals surface area (Å²) in [6.45, 7) is 3.35. The number of halogens is 2. The Balaban J connectivity index is 3.25. The van der Waals surface area contributed by atoms with E-state index in [1.165, 1.54) is 6.07 Å². The van der Waals surface area contributed by atoms with Crippen LogP contribution in [-0.2, 0) is 14.8 Å². The maximum atomic E-state index is 13.7. The van der Waals surface area contributed by atoms with Crippen molar-refractivity contribution in [3.8, 4) is 6.07 Å². The van der Waals surface area contributed by atoms with Gasteiger partial charge in [-0.05, 0) is 24.5 Å². The highest BCUT2D eigenvalue weighted by atomic mass is 32.2. The van der Waals surface area contributed by atoms with Crippen LogP contribution in [0.15, 0.2) is 17.0 Å². The van der Waals surface area contributed by atoms with Gasteiger partial charge in [0.05, 0.1) is 11.6 Å². The zero-order valence-corrected chi connectivity index (χ0v) is 12.6. The van der Waals surface area contributed by atoms with Gasteiger partial charge in [-0.2, -0.15) is 9.98 Å². The van der Waals surface area contributed by atoms with Gasteiger partial charge in [0, 0.05) is 0 Å². The third kappa shape index (κ3) is 4.22. The lowest BCUT2D eigenvalue weighted by Crippen LogP contribution is -2.42. The van der Waals surface area contributed by atoms with E-state index in [1.807, 2.05) is 0 Å². The van der Waals surface area contributed by atoms with E-state index in [0.29, 0.717) is 12.1 Å². The first-order valence-corrected chi connectivity index (χ1v) is 7.71. The molecular weight excluding hydrogens is 318 g/mol.